The molecule has 1 N–H and O–H groups in total. The topological polar surface area (TPSA) is 58.4 Å². The molecule has 0 aliphatic carbocycles. The third-order valence-electron chi connectivity index (χ3n) is 2.83. The molecule has 94 valence electrons. The molecule has 0 radical (unpaired) electrons. The second-order valence-corrected chi connectivity index (χ2v) is 4.33. The van der Waals surface area contributed by atoms with E-state index < -0.39 is 0 Å². The molecule has 0 aliphatic rings. The van der Waals surface area contributed by atoms with E-state index >= 15 is 0 Å². The summed E-state index contributed by atoms with van der Waals surface area (Å²) >= 11 is 0. The third kappa shape index (κ3) is 4.13. The second-order valence-electron chi connectivity index (χ2n) is 4.33. The first-order valence-corrected chi connectivity index (χ1v) is 5.61. The summed E-state index contributed by atoms with van der Waals surface area (Å²) in [6.07, 6.45) is 0. The Hall–Kier alpha value is -1.46. The van der Waals surface area contributed by atoms with Gasteiger partial charge in [-0.2, -0.15) is 0 Å². The van der Waals surface area contributed by atoms with Gasteiger partial charge < -0.3 is 10.2 Å². The lowest BCUT2D eigenvalue weighted by molar-refractivity contribution is -0.385. The van der Waals surface area contributed by atoms with Gasteiger partial charge in [-0.25, -0.2) is 0 Å². The monoisotopic (exact) mass is 237 g/mol. The zero-order chi connectivity index (χ0) is 12.8. The molecule has 1 aromatic rings. The van der Waals surface area contributed by atoms with E-state index in [2.05, 4.69) is 17.1 Å². The van der Waals surface area contributed by atoms with Crippen molar-refractivity contribution in [1.29, 1.82) is 0 Å². The maximum atomic E-state index is 10.8. The zero-order valence-electron chi connectivity index (χ0n) is 10.5. The van der Waals surface area contributed by atoms with Crippen molar-refractivity contribution >= 4 is 5.69 Å². The predicted molar refractivity (Wildman–Crippen MR) is 68.0 cm³/mol. The van der Waals surface area contributed by atoms with Gasteiger partial charge in [0.1, 0.15) is 0 Å². The van der Waals surface area contributed by atoms with Gasteiger partial charge in [-0.1, -0.05) is 18.2 Å². The Balaban J connectivity index is 2.55. The molecule has 0 bridgehead atoms. The summed E-state index contributed by atoms with van der Waals surface area (Å²) in [4.78, 5) is 12.6. The number of likely N-dealkylation sites (N-methyl/N-ethyl adjacent to an activating group) is 1. The maximum Gasteiger partial charge on any atom is 0.273 e. The van der Waals surface area contributed by atoms with Gasteiger partial charge in [-0.3, -0.25) is 10.1 Å². The van der Waals surface area contributed by atoms with Crippen LogP contribution in [0.25, 0.3) is 0 Å². The van der Waals surface area contributed by atoms with Crippen LogP contribution >= 0.6 is 0 Å². The Morgan fingerprint density at radius 3 is 2.65 bits per heavy atom. The van der Waals surface area contributed by atoms with E-state index in [0.717, 1.165) is 12.1 Å². The van der Waals surface area contributed by atoms with E-state index in [0.29, 0.717) is 12.6 Å². The Kier molecular flexibility index (Phi) is 5.06. The fourth-order valence-corrected chi connectivity index (χ4v) is 1.44. The Morgan fingerprint density at radius 1 is 1.41 bits per heavy atom. The summed E-state index contributed by atoms with van der Waals surface area (Å²) in [5.41, 5.74) is 0.904. The Labute approximate surface area is 102 Å². The molecule has 0 aliphatic heterocycles. The van der Waals surface area contributed by atoms with Crippen LogP contribution in [0.1, 0.15) is 12.5 Å². The standard InChI is InChI=1S/C12H19N3O2/c1-10(14(2)3)8-13-9-11-6-4-5-7-12(11)15(16)17/h4-7,10,13H,8-9H2,1-3H3. The van der Waals surface area contributed by atoms with Gasteiger partial charge in [-0.15, -0.1) is 0 Å². The molecule has 1 atom stereocenters. The van der Waals surface area contributed by atoms with Crippen LogP contribution in [0.3, 0.4) is 0 Å². The second kappa shape index (κ2) is 6.32. The normalized spacial score (nSPS) is 12.7. The molecule has 0 aromatic heterocycles. The minimum Gasteiger partial charge on any atom is -0.311 e. The number of hydrogen-bond acceptors (Lipinski definition) is 4. The fourth-order valence-electron chi connectivity index (χ4n) is 1.44. The van der Waals surface area contributed by atoms with Gasteiger partial charge >= 0.3 is 0 Å². The van der Waals surface area contributed by atoms with Crippen molar-refractivity contribution in [1.82, 2.24) is 10.2 Å². The summed E-state index contributed by atoms with van der Waals surface area (Å²) in [5.74, 6) is 0. The number of para-hydroxylation sites is 1. The van der Waals surface area contributed by atoms with E-state index in [4.69, 9.17) is 0 Å². The summed E-state index contributed by atoms with van der Waals surface area (Å²) in [6.45, 7) is 3.43. The third-order valence-corrected chi connectivity index (χ3v) is 2.83. The largest absolute Gasteiger partial charge is 0.311 e. The molecule has 17 heavy (non-hydrogen) atoms. The number of nitro benzene ring substituents is 1. The molecule has 0 amide bonds. The summed E-state index contributed by atoms with van der Waals surface area (Å²) in [7, 11) is 4.02. The number of hydrogen-bond donors (Lipinski definition) is 1. The van der Waals surface area contributed by atoms with Crippen LogP contribution in [0.4, 0.5) is 5.69 Å². The average Bonchev–Trinajstić information content (AvgIpc) is 2.29. The molecule has 1 rings (SSSR count). The van der Waals surface area contributed by atoms with Gasteiger partial charge in [-0.05, 0) is 21.0 Å². The molecular formula is C12H19N3O2. The van der Waals surface area contributed by atoms with E-state index in [1.807, 2.05) is 20.2 Å². The van der Waals surface area contributed by atoms with Crippen molar-refractivity contribution in [2.45, 2.75) is 19.5 Å². The summed E-state index contributed by atoms with van der Waals surface area (Å²) in [5, 5.41) is 14.0. The molecule has 5 heteroatoms. The highest BCUT2D eigenvalue weighted by atomic mass is 16.6. The highest BCUT2D eigenvalue weighted by Gasteiger charge is 2.12. The van der Waals surface area contributed by atoms with Crippen molar-refractivity contribution < 1.29 is 4.92 Å². The van der Waals surface area contributed by atoms with Crippen LogP contribution in [0.5, 0.6) is 0 Å². The predicted octanol–water partition coefficient (Wildman–Crippen LogP) is 1.63. The number of nitrogens with one attached hydrogen (secondary N) is 1. The maximum absolute atomic E-state index is 10.8. The summed E-state index contributed by atoms with van der Waals surface area (Å²) in [6, 6.07) is 7.22. The number of nitro groups is 1. The van der Waals surface area contributed by atoms with E-state index in [1.54, 1.807) is 12.1 Å². The first-order valence-electron chi connectivity index (χ1n) is 5.61. The fraction of sp³-hybridized carbons (Fsp3) is 0.500. The number of rotatable bonds is 6. The average molecular weight is 237 g/mol. The molecular weight excluding hydrogens is 218 g/mol. The van der Waals surface area contributed by atoms with Crippen LogP contribution in [0, 0.1) is 10.1 Å². The van der Waals surface area contributed by atoms with Crippen LogP contribution < -0.4 is 5.32 Å². The van der Waals surface area contributed by atoms with E-state index in [1.165, 1.54) is 6.07 Å². The van der Waals surface area contributed by atoms with Crippen LogP contribution in [0.15, 0.2) is 24.3 Å². The lowest BCUT2D eigenvalue weighted by Gasteiger charge is -2.20. The quantitative estimate of drug-likeness (QED) is 0.603. The molecule has 1 aromatic carbocycles. The lowest BCUT2D eigenvalue weighted by Crippen LogP contribution is -2.35. The van der Waals surface area contributed by atoms with Crippen LogP contribution in [-0.4, -0.2) is 36.5 Å². The Morgan fingerprint density at radius 2 is 2.06 bits per heavy atom. The molecule has 0 fully saturated rings. The van der Waals surface area contributed by atoms with Gasteiger partial charge in [0.2, 0.25) is 0 Å². The van der Waals surface area contributed by atoms with Crippen molar-refractivity contribution in [3.63, 3.8) is 0 Å². The number of nitrogens with zero attached hydrogens (tertiary/aromatic N) is 2. The number of benzene rings is 1. The molecule has 0 saturated heterocycles. The molecule has 0 spiro atoms. The van der Waals surface area contributed by atoms with Gasteiger partial charge in [0.15, 0.2) is 0 Å². The van der Waals surface area contributed by atoms with Gasteiger partial charge in [0.25, 0.3) is 5.69 Å². The molecule has 0 saturated carbocycles. The van der Waals surface area contributed by atoms with Crippen molar-refractivity contribution in [2.75, 3.05) is 20.6 Å². The van der Waals surface area contributed by atoms with E-state index in [9.17, 15) is 10.1 Å². The highest BCUT2D eigenvalue weighted by Crippen LogP contribution is 2.16. The van der Waals surface area contributed by atoms with Crippen LogP contribution in [-0.2, 0) is 6.54 Å². The lowest BCUT2D eigenvalue weighted by atomic mass is 10.2. The first-order chi connectivity index (χ1) is 8.02. The minimum atomic E-state index is -0.341. The van der Waals surface area contributed by atoms with Crippen molar-refractivity contribution in [3.8, 4) is 0 Å². The smallest absolute Gasteiger partial charge is 0.273 e. The van der Waals surface area contributed by atoms with E-state index in [-0.39, 0.29) is 10.6 Å². The molecule has 1 unspecified atom stereocenters. The van der Waals surface area contributed by atoms with Crippen molar-refractivity contribution in [3.05, 3.63) is 39.9 Å². The zero-order valence-corrected chi connectivity index (χ0v) is 10.5. The van der Waals surface area contributed by atoms with Crippen LogP contribution in [0.2, 0.25) is 0 Å². The van der Waals surface area contributed by atoms with Crippen molar-refractivity contribution in [2.24, 2.45) is 0 Å². The Bertz CT molecular complexity index is 380. The van der Waals surface area contributed by atoms with Gasteiger partial charge in [0.05, 0.1) is 4.92 Å². The first kappa shape index (κ1) is 13.6. The molecule has 0 heterocycles. The highest BCUT2D eigenvalue weighted by molar-refractivity contribution is 5.39. The molecule has 5 nitrogen and oxygen atoms in total. The SMILES string of the molecule is CC(CNCc1ccccc1[N+](=O)[O-])N(C)C. The minimum absolute atomic E-state index is 0.178. The summed E-state index contributed by atoms with van der Waals surface area (Å²) < 4.78 is 0. The van der Waals surface area contributed by atoms with Gasteiger partial charge in [0, 0.05) is 30.8 Å².